The Bertz CT molecular complexity index is 374. The zero-order valence-corrected chi connectivity index (χ0v) is 11.4. The number of hydrogen-bond donors (Lipinski definition) is 2. The maximum absolute atomic E-state index is 10.1. The molecule has 0 heterocycles. The minimum Gasteiger partial charge on any atom is -0.496 e. The molecule has 0 unspecified atom stereocenters. The molecule has 0 spiro atoms. The van der Waals surface area contributed by atoms with Crippen molar-refractivity contribution in [3.63, 3.8) is 0 Å². The average molecular weight is 274 g/mol. The van der Waals surface area contributed by atoms with Gasteiger partial charge in [0.1, 0.15) is 11.5 Å². The second kappa shape index (κ2) is 6.27. The van der Waals surface area contributed by atoms with Crippen molar-refractivity contribution in [1.82, 2.24) is 0 Å². The molecule has 0 saturated heterocycles. The van der Waals surface area contributed by atoms with Gasteiger partial charge in [0.05, 0.1) is 31.9 Å². The molecule has 0 radical (unpaired) electrons. The highest BCUT2D eigenvalue weighted by molar-refractivity contribution is 5.85. The number of hydrogen-bond acceptors (Lipinski definition) is 4. The van der Waals surface area contributed by atoms with Crippen molar-refractivity contribution >= 4 is 12.4 Å². The molecule has 1 aromatic carbocycles. The van der Waals surface area contributed by atoms with E-state index >= 15 is 0 Å². The van der Waals surface area contributed by atoms with Crippen molar-refractivity contribution in [2.45, 2.75) is 25.0 Å². The second-order valence-electron chi connectivity index (χ2n) is 4.43. The lowest BCUT2D eigenvalue weighted by Gasteiger charge is -2.23. The molecule has 0 aromatic heterocycles. The fraction of sp³-hybridized carbons (Fsp3) is 0.538. The molecule has 1 aromatic rings. The molecule has 0 amide bonds. The molecule has 4 nitrogen and oxygen atoms in total. The van der Waals surface area contributed by atoms with Crippen molar-refractivity contribution in [2.75, 3.05) is 14.2 Å². The summed E-state index contributed by atoms with van der Waals surface area (Å²) in [6.45, 7) is 0. The van der Waals surface area contributed by atoms with Crippen LogP contribution in [0.2, 0.25) is 0 Å². The molecular weight excluding hydrogens is 254 g/mol. The highest BCUT2D eigenvalue weighted by atomic mass is 35.5. The van der Waals surface area contributed by atoms with Crippen LogP contribution in [0.3, 0.4) is 0 Å². The van der Waals surface area contributed by atoms with Crippen LogP contribution in [-0.2, 0) is 0 Å². The van der Waals surface area contributed by atoms with E-state index in [9.17, 15) is 5.11 Å². The van der Waals surface area contributed by atoms with Crippen LogP contribution in [0.15, 0.2) is 18.2 Å². The highest BCUT2D eigenvalue weighted by Crippen LogP contribution is 2.41. The predicted octanol–water partition coefficient (Wildman–Crippen LogP) is 1.90. The zero-order chi connectivity index (χ0) is 12.4. The number of aliphatic hydroxyl groups excluding tert-OH is 1. The molecule has 0 aliphatic heterocycles. The first-order valence-electron chi connectivity index (χ1n) is 5.83. The molecule has 5 heteroatoms. The number of rotatable bonds is 5. The third-order valence-corrected chi connectivity index (χ3v) is 3.27. The Morgan fingerprint density at radius 3 is 2.11 bits per heavy atom. The van der Waals surface area contributed by atoms with Crippen LogP contribution in [0.4, 0.5) is 0 Å². The van der Waals surface area contributed by atoms with Crippen LogP contribution < -0.4 is 15.2 Å². The number of halogens is 1. The third kappa shape index (κ3) is 2.88. The van der Waals surface area contributed by atoms with Gasteiger partial charge in [-0.2, -0.15) is 0 Å². The van der Waals surface area contributed by atoms with Gasteiger partial charge in [-0.3, -0.25) is 0 Å². The van der Waals surface area contributed by atoms with Gasteiger partial charge >= 0.3 is 0 Å². The third-order valence-electron chi connectivity index (χ3n) is 3.27. The van der Waals surface area contributed by atoms with Gasteiger partial charge in [-0.15, -0.1) is 12.4 Å². The Balaban J connectivity index is 0.00000162. The Morgan fingerprint density at radius 2 is 1.72 bits per heavy atom. The summed E-state index contributed by atoms with van der Waals surface area (Å²) in [5, 5.41) is 10.1. The summed E-state index contributed by atoms with van der Waals surface area (Å²) in [4.78, 5) is 0. The number of aliphatic hydroxyl groups is 1. The van der Waals surface area contributed by atoms with E-state index in [0.717, 1.165) is 18.4 Å². The topological polar surface area (TPSA) is 64.7 Å². The van der Waals surface area contributed by atoms with Gasteiger partial charge in [0.25, 0.3) is 0 Å². The molecule has 102 valence electrons. The van der Waals surface area contributed by atoms with Crippen molar-refractivity contribution in [3.05, 3.63) is 23.8 Å². The smallest absolute Gasteiger partial charge is 0.127 e. The van der Waals surface area contributed by atoms with Crippen molar-refractivity contribution in [1.29, 1.82) is 0 Å². The van der Waals surface area contributed by atoms with Crippen LogP contribution in [0.5, 0.6) is 11.5 Å². The Morgan fingerprint density at radius 1 is 1.22 bits per heavy atom. The molecule has 18 heavy (non-hydrogen) atoms. The summed E-state index contributed by atoms with van der Waals surface area (Å²) >= 11 is 0. The van der Waals surface area contributed by atoms with Gasteiger partial charge in [-0.25, -0.2) is 0 Å². The number of methoxy groups -OCH3 is 2. The highest BCUT2D eigenvalue weighted by Gasteiger charge is 2.36. The normalized spacial score (nSPS) is 17.6. The van der Waals surface area contributed by atoms with E-state index in [2.05, 4.69) is 0 Å². The minimum absolute atomic E-state index is 0. The lowest BCUT2D eigenvalue weighted by atomic mass is 9.97. The molecule has 2 rings (SSSR count). The first-order chi connectivity index (χ1) is 8.19. The summed E-state index contributed by atoms with van der Waals surface area (Å²) in [6.07, 6.45) is 1.57. The quantitative estimate of drug-likeness (QED) is 0.860. The molecule has 3 N–H and O–H groups in total. The van der Waals surface area contributed by atoms with E-state index in [1.165, 1.54) is 0 Å². The van der Waals surface area contributed by atoms with Gasteiger partial charge in [0, 0.05) is 0 Å². The SMILES string of the molecule is COc1cccc(OC)c1[C@@H](N)[C@@H](O)C1CC1.Cl. The van der Waals surface area contributed by atoms with Gasteiger partial charge in [-0.1, -0.05) is 6.07 Å². The first kappa shape index (κ1) is 15.1. The van der Waals surface area contributed by atoms with Gasteiger partial charge in [-0.05, 0) is 30.9 Å². The van der Waals surface area contributed by atoms with E-state index < -0.39 is 12.1 Å². The predicted molar refractivity (Wildman–Crippen MR) is 72.5 cm³/mol. The van der Waals surface area contributed by atoms with E-state index in [0.29, 0.717) is 17.4 Å². The van der Waals surface area contributed by atoms with Crippen molar-refractivity contribution in [3.8, 4) is 11.5 Å². The summed E-state index contributed by atoms with van der Waals surface area (Å²) in [6, 6.07) is 5.04. The molecule has 1 fully saturated rings. The lowest BCUT2D eigenvalue weighted by Crippen LogP contribution is -2.28. The molecule has 1 aliphatic rings. The minimum atomic E-state index is -0.528. The van der Waals surface area contributed by atoms with E-state index in [1.54, 1.807) is 14.2 Å². The largest absolute Gasteiger partial charge is 0.496 e. The van der Waals surface area contributed by atoms with Crippen molar-refractivity contribution in [2.24, 2.45) is 11.7 Å². The van der Waals surface area contributed by atoms with Crippen LogP contribution >= 0.6 is 12.4 Å². The summed E-state index contributed by atoms with van der Waals surface area (Å²) in [7, 11) is 3.18. The van der Waals surface area contributed by atoms with E-state index in [-0.39, 0.29) is 12.4 Å². The summed E-state index contributed by atoms with van der Waals surface area (Å²) < 4.78 is 10.6. The molecule has 2 atom stereocenters. The molecule has 1 aliphatic carbocycles. The molecule has 1 saturated carbocycles. The van der Waals surface area contributed by atoms with Gasteiger partial charge < -0.3 is 20.3 Å². The standard InChI is InChI=1S/C13H19NO3.ClH/c1-16-9-4-3-5-10(17-2)11(9)12(14)13(15)8-6-7-8;/h3-5,8,12-13,15H,6-7,14H2,1-2H3;1H/t12-,13+;/m1./s1. The van der Waals surface area contributed by atoms with Crippen LogP contribution in [0, 0.1) is 5.92 Å². The first-order valence-corrected chi connectivity index (χ1v) is 5.83. The Hall–Kier alpha value is -0.970. The average Bonchev–Trinajstić information content (AvgIpc) is 3.20. The zero-order valence-electron chi connectivity index (χ0n) is 10.6. The fourth-order valence-corrected chi connectivity index (χ4v) is 2.11. The summed E-state index contributed by atoms with van der Waals surface area (Å²) in [5.74, 6) is 1.65. The summed E-state index contributed by atoms with van der Waals surface area (Å²) in [5.41, 5.74) is 6.87. The van der Waals surface area contributed by atoms with Gasteiger partial charge in [0.2, 0.25) is 0 Å². The molecular formula is C13H20ClNO3. The maximum Gasteiger partial charge on any atom is 0.127 e. The van der Waals surface area contributed by atoms with Crippen molar-refractivity contribution < 1.29 is 14.6 Å². The Labute approximate surface area is 113 Å². The number of nitrogens with two attached hydrogens (primary N) is 1. The van der Waals surface area contributed by atoms with E-state index in [1.807, 2.05) is 18.2 Å². The van der Waals surface area contributed by atoms with Crippen LogP contribution in [0.25, 0.3) is 0 Å². The fourth-order valence-electron chi connectivity index (χ4n) is 2.11. The maximum atomic E-state index is 10.1. The number of benzene rings is 1. The van der Waals surface area contributed by atoms with Crippen LogP contribution in [-0.4, -0.2) is 25.4 Å². The molecule has 0 bridgehead atoms. The monoisotopic (exact) mass is 273 g/mol. The Kier molecular flexibility index (Phi) is 5.26. The van der Waals surface area contributed by atoms with E-state index in [4.69, 9.17) is 15.2 Å². The number of ether oxygens (including phenoxy) is 2. The second-order valence-corrected chi connectivity index (χ2v) is 4.43. The van der Waals surface area contributed by atoms with Gasteiger partial charge in [0.15, 0.2) is 0 Å². The lowest BCUT2D eigenvalue weighted by molar-refractivity contribution is 0.120. The van der Waals surface area contributed by atoms with Crippen LogP contribution in [0.1, 0.15) is 24.4 Å².